The van der Waals surface area contributed by atoms with Crippen LogP contribution in [0, 0.1) is 0 Å². The van der Waals surface area contributed by atoms with Crippen molar-refractivity contribution in [1.29, 1.82) is 0 Å². The fourth-order valence-electron chi connectivity index (χ4n) is 3.24. The number of amides is 1. The molecule has 0 radical (unpaired) electrons. The van der Waals surface area contributed by atoms with Crippen LogP contribution in [0.15, 0.2) is 48.5 Å². The summed E-state index contributed by atoms with van der Waals surface area (Å²) in [7, 11) is -3.57. The molecule has 0 aliphatic carbocycles. The van der Waals surface area contributed by atoms with Gasteiger partial charge in [0.15, 0.2) is 0 Å². The summed E-state index contributed by atoms with van der Waals surface area (Å²) in [5, 5.41) is 0. The number of aryl methyl sites for hydroxylation is 1. The Balaban J connectivity index is 1.91. The van der Waals surface area contributed by atoms with Gasteiger partial charge in [-0.2, -0.15) is 0 Å². The maximum absolute atomic E-state index is 12.9. The number of hydrogen-bond acceptors (Lipinski definition) is 3. The minimum atomic E-state index is -3.57. The summed E-state index contributed by atoms with van der Waals surface area (Å²) in [6, 6.07) is 15.1. The number of sulfonamides is 1. The average molecular weight is 358 g/mol. The van der Waals surface area contributed by atoms with Crippen LogP contribution < -0.4 is 9.21 Å². The first kappa shape index (κ1) is 17.5. The van der Waals surface area contributed by atoms with Crippen molar-refractivity contribution in [2.75, 3.05) is 28.6 Å². The highest BCUT2D eigenvalue weighted by atomic mass is 32.2. The first-order chi connectivity index (χ1) is 11.9. The molecule has 2 aromatic rings. The second kappa shape index (κ2) is 6.88. The molecule has 1 amide bonds. The maximum Gasteiger partial charge on any atom is 0.247 e. The molecule has 0 N–H and O–H groups in total. The van der Waals surface area contributed by atoms with Crippen LogP contribution >= 0.6 is 0 Å². The SMILES string of the molecule is CCc1ccccc1N(CC(=O)N1CCc2ccccc21)S(C)(=O)=O. The van der Waals surface area contributed by atoms with Gasteiger partial charge in [0.25, 0.3) is 0 Å². The van der Waals surface area contributed by atoms with Crippen LogP contribution in [-0.4, -0.2) is 33.7 Å². The third-order valence-corrected chi connectivity index (χ3v) is 5.64. The van der Waals surface area contributed by atoms with E-state index in [-0.39, 0.29) is 12.5 Å². The van der Waals surface area contributed by atoms with E-state index < -0.39 is 10.0 Å². The van der Waals surface area contributed by atoms with Crippen LogP contribution in [0.4, 0.5) is 11.4 Å². The van der Waals surface area contributed by atoms with Gasteiger partial charge in [0.05, 0.1) is 11.9 Å². The highest BCUT2D eigenvalue weighted by Gasteiger charge is 2.29. The summed E-state index contributed by atoms with van der Waals surface area (Å²) in [6.07, 6.45) is 2.64. The number of benzene rings is 2. The number of fused-ring (bicyclic) bond motifs is 1. The molecule has 0 atom stereocenters. The molecule has 25 heavy (non-hydrogen) atoms. The van der Waals surface area contributed by atoms with Gasteiger partial charge in [0.2, 0.25) is 15.9 Å². The number of carbonyl (C=O) groups is 1. The molecule has 0 unspecified atom stereocenters. The summed E-state index contributed by atoms with van der Waals surface area (Å²) in [4.78, 5) is 14.5. The molecule has 3 rings (SSSR count). The Labute approximate surface area is 148 Å². The second-order valence-electron chi connectivity index (χ2n) is 6.18. The Kier molecular flexibility index (Phi) is 4.81. The molecule has 0 saturated heterocycles. The summed E-state index contributed by atoms with van der Waals surface area (Å²) in [5.74, 6) is -0.207. The van der Waals surface area contributed by atoms with Gasteiger partial charge in [-0.15, -0.1) is 0 Å². The number of carbonyl (C=O) groups excluding carboxylic acids is 1. The predicted molar refractivity (Wildman–Crippen MR) is 101 cm³/mol. The average Bonchev–Trinajstić information content (AvgIpc) is 3.02. The molecule has 5 nitrogen and oxygen atoms in total. The number of para-hydroxylation sites is 2. The Morgan fingerprint density at radius 1 is 1.12 bits per heavy atom. The molecule has 0 fully saturated rings. The third-order valence-electron chi connectivity index (χ3n) is 4.51. The normalized spacial score (nSPS) is 13.6. The standard InChI is InChI=1S/C19H22N2O3S/c1-3-15-8-4-7-11-18(15)21(25(2,23)24)14-19(22)20-13-12-16-9-5-6-10-17(16)20/h4-11H,3,12-14H2,1-2H3. The van der Waals surface area contributed by atoms with Crippen molar-refractivity contribution < 1.29 is 13.2 Å². The van der Waals surface area contributed by atoms with Gasteiger partial charge >= 0.3 is 0 Å². The van der Waals surface area contributed by atoms with Gasteiger partial charge in [-0.1, -0.05) is 43.3 Å². The molecule has 0 bridgehead atoms. The topological polar surface area (TPSA) is 57.7 Å². The lowest BCUT2D eigenvalue weighted by Crippen LogP contribution is -2.42. The lowest BCUT2D eigenvalue weighted by molar-refractivity contribution is -0.117. The van der Waals surface area contributed by atoms with E-state index in [0.717, 1.165) is 29.5 Å². The van der Waals surface area contributed by atoms with E-state index in [4.69, 9.17) is 0 Å². The first-order valence-electron chi connectivity index (χ1n) is 8.35. The summed E-state index contributed by atoms with van der Waals surface area (Å²) >= 11 is 0. The van der Waals surface area contributed by atoms with E-state index in [2.05, 4.69) is 0 Å². The molecule has 132 valence electrons. The Morgan fingerprint density at radius 3 is 2.52 bits per heavy atom. The monoisotopic (exact) mass is 358 g/mol. The fourth-order valence-corrected chi connectivity index (χ4v) is 4.12. The molecular formula is C19H22N2O3S. The van der Waals surface area contributed by atoms with E-state index in [1.807, 2.05) is 43.3 Å². The van der Waals surface area contributed by atoms with Crippen molar-refractivity contribution in [1.82, 2.24) is 0 Å². The molecule has 0 spiro atoms. The fraction of sp³-hybridized carbons (Fsp3) is 0.316. The maximum atomic E-state index is 12.9. The van der Waals surface area contributed by atoms with Crippen molar-refractivity contribution >= 4 is 27.3 Å². The zero-order chi connectivity index (χ0) is 18.0. The van der Waals surface area contributed by atoms with E-state index >= 15 is 0 Å². The lowest BCUT2D eigenvalue weighted by atomic mass is 10.1. The van der Waals surface area contributed by atoms with Crippen LogP contribution in [0.5, 0.6) is 0 Å². The molecule has 0 aromatic heterocycles. The van der Waals surface area contributed by atoms with Crippen molar-refractivity contribution in [2.45, 2.75) is 19.8 Å². The zero-order valence-electron chi connectivity index (χ0n) is 14.5. The van der Waals surface area contributed by atoms with Crippen molar-refractivity contribution in [3.05, 3.63) is 59.7 Å². The van der Waals surface area contributed by atoms with Gasteiger partial charge < -0.3 is 4.90 Å². The van der Waals surface area contributed by atoms with Crippen LogP contribution in [0.1, 0.15) is 18.1 Å². The van der Waals surface area contributed by atoms with Crippen molar-refractivity contribution in [2.24, 2.45) is 0 Å². The Hall–Kier alpha value is -2.34. The highest BCUT2D eigenvalue weighted by Crippen LogP contribution is 2.29. The summed E-state index contributed by atoms with van der Waals surface area (Å²) in [6.45, 7) is 2.37. The number of nitrogens with zero attached hydrogens (tertiary/aromatic N) is 2. The summed E-state index contributed by atoms with van der Waals surface area (Å²) < 4.78 is 25.9. The molecule has 0 saturated carbocycles. The van der Waals surface area contributed by atoms with E-state index in [9.17, 15) is 13.2 Å². The van der Waals surface area contributed by atoms with Gasteiger partial charge in [-0.25, -0.2) is 8.42 Å². The predicted octanol–water partition coefficient (Wildman–Crippen LogP) is 2.60. The molecule has 1 aliphatic heterocycles. The molecule has 1 aliphatic rings. The number of anilines is 2. The van der Waals surface area contributed by atoms with Crippen LogP contribution in [0.2, 0.25) is 0 Å². The van der Waals surface area contributed by atoms with Crippen molar-refractivity contribution in [3.8, 4) is 0 Å². The largest absolute Gasteiger partial charge is 0.310 e. The quantitative estimate of drug-likeness (QED) is 0.825. The minimum absolute atomic E-state index is 0.190. The van der Waals surface area contributed by atoms with Crippen LogP contribution in [0.3, 0.4) is 0 Å². The van der Waals surface area contributed by atoms with Gasteiger partial charge in [0.1, 0.15) is 6.54 Å². The van der Waals surface area contributed by atoms with Crippen LogP contribution in [-0.2, 0) is 27.7 Å². The van der Waals surface area contributed by atoms with E-state index in [1.54, 1.807) is 17.0 Å². The van der Waals surface area contributed by atoms with Crippen LogP contribution in [0.25, 0.3) is 0 Å². The number of rotatable bonds is 5. The van der Waals surface area contributed by atoms with Gasteiger partial charge in [-0.05, 0) is 36.1 Å². The number of hydrogen-bond donors (Lipinski definition) is 0. The lowest BCUT2D eigenvalue weighted by Gasteiger charge is -2.27. The second-order valence-corrected chi connectivity index (χ2v) is 8.08. The Bertz CT molecular complexity index is 893. The van der Waals surface area contributed by atoms with Gasteiger partial charge in [0, 0.05) is 12.2 Å². The molecule has 6 heteroatoms. The van der Waals surface area contributed by atoms with E-state index in [1.165, 1.54) is 4.31 Å². The zero-order valence-corrected chi connectivity index (χ0v) is 15.3. The smallest absolute Gasteiger partial charge is 0.247 e. The van der Waals surface area contributed by atoms with Crippen molar-refractivity contribution in [3.63, 3.8) is 0 Å². The third kappa shape index (κ3) is 3.54. The summed E-state index contributed by atoms with van der Waals surface area (Å²) in [5.41, 5.74) is 3.48. The van der Waals surface area contributed by atoms with Gasteiger partial charge in [-0.3, -0.25) is 9.10 Å². The highest BCUT2D eigenvalue weighted by molar-refractivity contribution is 7.92. The first-order valence-corrected chi connectivity index (χ1v) is 10.2. The molecule has 2 aromatic carbocycles. The van der Waals surface area contributed by atoms with E-state index in [0.29, 0.717) is 18.7 Å². The molecule has 1 heterocycles. The Morgan fingerprint density at radius 2 is 1.80 bits per heavy atom. The molecular weight excluding hydrogens is 336 g/mol. The minimum Gasteiger partial charge on any atom is -0.310 e.